The zero-order chi connectivity index (χ0) is 14.0. The van der Waals surface area contributed by atoms with Gasteiger partial charge in [0, 0.05) is 0 Å². The minimum Gasteiger partial charge on any atom is -0.0654 e. The van der Waals surface area contributed by atoms with Gasteiger partial charge in [-0.25, -0.2) is 0 Å². The Morgan fingerprint density at radius 3 is 2.30 bits per heavy atom. The molecular formula is C20H27. The fraction of sp³-hybridized carbons (Fsp3) is 0.500. The van der Waals surface area contributed by atoms with Crippen molar-refractivity contribution in [2.45, 2.75) is 64.7 Å². The zero-order valence-corrected chi connectivity index (χ0v) is 12.8. The number of aryl methyl sites for hydroxylation is 1. The summed E-state index contributed by atoms with van der Waals surface area (Å²) in [5.74, 6) is 0. The van der Waals surface area contributed by atoms with Gasteiger partial charge in [-0.15, -0.1) is 0 Å². The van der Waals surface area contributed by atoms with Crippen molar-refractivity contribution in [2.24, 2.45) is 0 Å². The molecule has 0 aliphatic rings. The summed E-state index contributed by atoms with van der Waals surface area (Å²) >= 11 is 0. The molecule has 0 fully saturated rings. The average molecular weight is 267 g/mol. The molecule has 0 unspecified atom stereocenters. The number of unbranched alkanes of at least 4 members (excludes halogenated alkanes) is 7. The van der Waals surface area contributed by atoms with Crippen molar-refractivity contribution < 1.29 is 0 Å². The van der Waals surface area contributed by atoms with Gasteiger partial charge in [0.05, 0.1) is 0 Å². The van der Waals surface area contributed by atoms with Crippen molar-refractivity contribution >= 4 is 10.8 Å². The summed E-state index contributed by atoms with van der Waals surface area (Å²) in [4.78, 5) is 0. The maximum atomic E-state index is 3.39. The van der Waals surface area contributed by atoms with E-state index in [1.54, 1.807) is 0 Å². The molecule has 20 heavy (non-hydrogen) atoms. The molecule has 0 saturated heterocycles. The van der Waals surface area contributed by atoms with Gasteiger partial charge in [-0.3, -0.25) is 0 Å². The van der Waals surface area contributed by atoms with E-state index in [0.29, 0.717) is 0 Å². The third-order valence-electron chi connectivity index (χ3n) is 4.08. The number of rotatable bonds is 9. The summed E-state index contributed by atoms with van der Waals surface area (Å²) < 4.78 is 0. The van der Waals surface area contributed by atoms with Crippen LogP contribution < -0.4 is 0 Å². The predicted octanol–water partition coefficient (Wildman–Crippen LogP) is 6.32. The molecule has 0 atom stereocenters. The summed E-state index contributed by atoms with van der Waals surface area (Å²) in [7, 11) is 0. The highest BCUT2D eigenvalue weighted by molar-refractivity contribution is 5.85. The SMILES string of the molecule is CCCCCCCCCCc1cccc2ccc[c]c12. The molecule has 0 amide bonds. The lowest BCUT2D eigenvalue weighted by atomic mass is 9.99. The van der Waals surface area contributed by atoms with Crippen molar-refractivity contribution in [2.75, 3.05) is 0 Å². The van der Waals surface area contributed by atoms with Crippen LogP contribution in [0, 0.1) is 6.07 Å². The molecule has 0 aromatic heterocycles. The van der Waals surface area contributed by atoms with E-state index in [4.69, 9.17) is 0 Å². The Kier molecular flexibility index (Phi) is 6.63. The first-order valence-electron chi connectivity index (χ1n) is 8.30. The predicted molar refractivity (Wildman–Crippen MR) is 89.1 cm³/mol. The van der Waals surface area contributed by atoms with Crippen LogP contribution in [0.2, 0.25) is 0 Å². The topological polar surface area (TPSA) is 0 Å². The molecule has 0 saturated carbocycles. The van der Waals surface area contributed by atoms with Gasteiger partial charge in [0.2, 0.25) is 0 Å². The lowest BCUT2D eigenvalue weighted by Gasteiger charge is -2.06. The van der Waals surface area contributed by atoms with Crippen LogP contribution in [0.5, 0.6) is 0 Å². The third-order valence-corrected chi connectivity index (χ3v) is 4.08. The van der Waals surface area contributed by atoms with Crippen LogP contribution in [0.25, 0.3) is 10.8 Å². The standard InChI is InChI=1S/C20H27/c1-2-3-4-5-6-7-8-9-13-18-15-12-16-19-14-10-11-17-20(18)19/h10-12,14-16H,2-9,13H2,1H3. The number of benzene rings is 2. The summed E-state index contributed by atoms with van der Waals surface area (Å²) in [5, 5.41) is 2.64. The fourth-order valence-corrected chi connectivity index (χ4v) is 2.88. The van der Waals surface area contributed by atoms with Crippen LogP contribution in [-0.4, -0.2) is 0 Å². The van der Waals surface area contributed by atoms with E-state index >= 15 is 0 Å². The van der Waals surface area contributed by atoms with E-state index in [0.717, 1.165) is 0 Å². The van der Waals surface area contributed by atoms with Crippen molar-refractivity contribution in [3.8, 4) is 0 Å². The first kappa shape index (κ1) is 15.1. The van der Waals surface area contributed by atoms with Gasteiger partial charge in [0.1, 0.15) is 0 Å². The van der Waals surface area contributed by atoms with Crippen LogP contribution in [0.15, 0.2) is 36.4 Å². The van der Waals surface area contributed by atoms with E-state index < -0.39 is 0 Å². The number of hydrogen-bond acceptors (Lipinski definition) is 0. The Morgan fingerprint density at radius 1 is 0.800 bits per heavy atom. The first-order valence-corrected chi connectivity index (χ1v) is 8.30. The summed E-state index contributed by atoms with van der Waals surface area (Å²) in [6.45, 7) is 2.28. The van der Waals surface area contributed by atoms with Crippen LogP contribution in [0.4, 0.5) is 0 Å². The normalized spacial score (nSPS) is 11.1. The maximum Gasteiger partial charge on any atom is -0.00731 e. The van der Waals surface area contributed by atoms with Crippen molar-refractivity contribution in [3.63, 3.8) is 0 Å². The minimum atomic E-state index is 1.20. The van der Waals surface area contributed by atoms with Gasteiger partial charge in [0.15, 0.2) is 0 Å². The number of hydrogen-bond donors (Lipinski definition) is 0. The Morgan fingerprint density at radius 2 is 1.50 bits per heavy atom. The van der Waals surface area contributed by atoms with E-state index in [2.05, 4.69) is 43.3 Å². The van der Waals surface area contributed by atoms with Gasteiger partial charge in [-0.2, -0.15) is 0 Å². The Balaban J connectivity index is 1.71. The molecule has 2 aromatic carbocycles. The maximum absolute atomic E-state index is 3.39. The average Bonchev–Trinajstić information content (AvgIpc) is 2.50. The largest absolute Gasteiger partial charge is 0.0654 e. The lowest BCUT2D eigenvalue weighted by Crippen LogP contribution is -1.88. The Bertz CT molecular complexity index is 493. The van der Waals surface area contributed by atoms with Crippen LogP contribution in [0.3, 0.4) is 0 Å². The van der Waals surface area contributed by atoms with Gasteiger partial charge in [0.25, 0.3) is 0 Å². The third kappa shape index (κ3) is 4.67. The molecule has 0 nitrogen and oxygen atoms in total. The first-order chi connectivity index (χ1) is 9.92. The van der Waals surface area contributed by atoms with E-state index in [1.807, 2.05) is 6.07 Å². The molecule has 2 rings (SSSR count). The van der Waals surface area contributed by atoms with Crippen LogP contribution in [0.1, 0.15) is 63.9 Å². The van der Waals surface area contributed by atoms with Crippen molar-refractivity contribution in [1.82, 2.24) is 0 Å². The molecule has 107 valence electrons. The summed E-state index contributed by atoms with van der Waals surface area (Å²) in [6, 6.07) is 16.3. The molecule has 0 aliphatic heterocycles. The molecule has 0 spiro atoms. The van der Waals surface area contributed by atoms with Crippen LogP contribution >= 0.6 is 0 Å². The molecule has 1 radical (unpaired) electrons. The molecule has 0 heterocycles. The van der Waals surface area contributed by atoms with Crippen molar-refractivity contribution in [3.05, 3.63) is 48.0 Å². The summed E-state index contributed by atoms with van der Waals surface area (Å²) in [6.07, 6.45) is 12.3. The van der Waals surface area contributed by atoms with E-state index in [-0.39, 0.29) is 0 Å². The molecule has 0 bridgehead atoms. The second kappa shape index (κ2) is 8.79. The monoisotopic (exact) mass is 267 g/mol. The van der Waals surface area contributed by atoms with Gasteiger partial charge < -0.3 is 0 Å². The molecular weight excluding hydrogens is 240 g/mol. The van der Waals surface area contributed by atoms with Gasteiger partial charge >= 0.3 is 0 Å². The van der Waals surface area contributed by atoms with E-state index in [9.17, 15) is 0 Å². The molecule has 2 aromatic rings. The molecule has 0 N–H and O–H groups in total. The van der Waals surface area contributed by atoms with Gasteiger partial charge in [-0.05, 0) is 35.2 Å². The Hall–Kier alpha value is -1.30. The van der Waals surface area contributed by atoms with E-state index in [1.165, 1.54) is 74.1 Å². The minimum absolute atomic E-state index is 1.20. The highest BCUT2D eigenvalue weighted by Gasteiger charge is 2.00. The molecule has 0 heteroatoms. The molecule has 0 aliphatic carbocycles. The lowest BCUT2D eigenvalue weighted by molar-refractivity contribution is 0.576. The smallest absolute Gasteiger partial charge is 0.00731 e. The fourth-order valence-electron chi connectivity index (χ4n) is 2.88. The quantitative estimate of drug-likeness (QED) is 0.466. The highest BCUT2D eigenvalue weighted by atomic mass is 14.0. The second-order valence-electron chi connectivity index (χ2n) is 5.78. The van der Waals surface area contributed by atoms with Crippen molar-refractivity contribution in [1.29, 1.82) is 0 Å². The van der Waals surface area contributed by atoms with Crippen LogP contribution in [-0.2, 0) is 6.42 Å². The second-order valence-corrected chi connectivity index (χ2v) is 5.78. The summed E-state index contributed by atoms with van der Waals surface area (Å²) in [5.41, 5.74) is 1.47. The zero-order valence-electron chi connectivity index (χ0n) is 12.8. The highest BCUT2D eigenvalue weighted by Crippen LogP contribution is 2.20. The Labute approximate surface area is 124 Å². The van der Waals surface area contributed by atoms with Gasteiger partial charge in [-0.1, -0.05) is 88.3 Å². The number of fused-ring (bicyclic) bond motifs is 1.